The van der Waals surface area contributed by atoms with Crippen LogP contribution in [0, 0.1) is 5.92 Å². The molecule has 0 radical (unpaired) electrons. The molecule has 2 amide bonds. The van der Waals surface area contributed by atoms with Gasteiger partial charge in [0.05, 0.1) is 17.9 Å². The summed E-state index contributed by atoms with van der Waals surface area (Å²) in [7, 11) is -3.15. The molecule has 1 aliphatic carbocycles. The molecule has 1 aromatic rings. The van der Waals surface area contributed by atoms with Crippen molar-refractivity contribution in [1.82, 2.24) is 10.2 Å². The molecule has 2 aliphatic rings. The summed E-state index contributed by atoms with van der Waals surface area (Å²) < 4.78 is 29.3. The van der Waals surface area contributed by atoms with Crippen molar-refractivity contribution >= 4 is 27.6 Å². The number of rotatable bonds is 9. The van der Waals surface area contributed by atoms with Crippen molar-refractivity contribution in [3.8, 4) is 0 Å². The second kappa shape index (κ2) is 11.1. The van der Waals surface area contributed by atoms with E-state index in [-0.39, 0.29) is 47.7 Å². The van der Waals surface area contributed by atoms with Gasteiger partial charge < -0.3 is 15.0 Å². The van der Waals surface area contributed by atoms with E-state index in [0.717, 1.165) is 31.2 Å². The number of carbonyl (C=O) groups is 3. The lowest BCUT2D eigenvalue weighted by Crippen LogP contribution is -2.50. The number of benzene rings is 1. The maximum atomic E-state index is 13.1. The fraction of sp³-hybridized carbons (Fsp3) is 0.625. The van der Waals surface area contributed by atoms with Gasteiger partial charge in [0.1, 0.15) is 6.04 Å². The highest BCUT2D eigenvalue weighted by Gasteiger charge is 2.39. The van der Waals surface area contributed by atoms with Crippen molar-refractivity contribution < 1.29 is 27.5 Å². The first-order valence-electron chi connectivity index (χ1n) is 11.7. The number of amides is 2. The van der Waals surface area contributed by atoms with E-state index < -0.39 is 28.5 Å². The molecule has 2 fully saturated rings. The molecular weight excluding hydrogens is 444 g/mol. The van der Waals surface area contributed by atoms with Crippen LogP contribution in [0.5, 0.6) is 0 Å². The van der Waals surface area contributed by atoms with Crippen LogP contribution in [0.25, 0.3) is 0 Å². The number of hydrogen-bond acceptors (Lipinski definition) is 6. The number of ether oxygens (including phenoxy) is 1. The Labute approximate surface area is 196 Å². The van der Waals surface area contributed by atoms with Gasteiger partial charge >= 0.3 is 5.97 Å². The molecule has 1 saturated heterocycles. The first-order valence-corrected chi connectivity index (χ1v) is 13.5. The largest absolute Gasteiger partial charge is 0.454 e. The summed E-state index contributed by atoms with van der Waals surface area (Å²) in [5, 5.41) is 2.72. The number of nitrogens with one attached hydrogen (secondary N) is 1. The average molecular weight is 479 g/mol. The SMILES string of the molecule is CC(C)[C@H](NC(=O)Cc1ccccc1)C(=O)OCC(=O)N(C1CCCC1)C1CCS(=O)(=O)C1. The number of carbonyl (C=O) groups excluding carboxylic acids is 3. The molecule has 1 aromatic carbocycles. The molecule has 0 bridgehead atoms. The molecule has 1 N–H and O–H groups in total. The summed E-state index contributed by atoms with van der Waals surface area (Å²) in [6.45, 7) is 3.14. The average Bonchev–Trinajstić information content (AvgIpc) is 3.41. The Kier molecular flexibility index (Phi) is 8.51. The van der Waals surface area contributed by atoms with Gasteiger partial charge in [-0.15, -0.1) is 0 Å². The van der Waals surface area contributed by atoms with Crippen molar-refractivity contribution in [1.29, 1.82) is 0 Å². The molecule has 2 atom stereocenters. The fourth-order valence-corrected chi connectivity index (χ4v) is 6.39. The highest BCUT2D eigenvalue weighted by atomic mass is 32.2. The lowest BCUT2D eigenvalue weighted by atomic mass is 10.0. The molecule has 33 heavy (non-hydrogen) atoms. The normalized spacial score (nSPS) is 21.0. The van der Waals surface area contributed by atoms with Crippen molar-refractivity contribution in [3.05, 3.63) is 35.9 Å². The standard InChI is InChI=1S/C24H34N2O6S/c1-17(2)23(25-21(27)14-18-8-4-3-5-9-18)24(29)32-15-22(28)26(19-10-6-7-11-19)20-12-13-33(30,31)16-20/h3-5,8-9,17,19-20,23H,6-7,10-16H2,1-2H3,(H,25,27)/t20?,23-/m0/s1. The fourth-order valence-electron chi connectivity index (χ4n) is 4.68. The quantitative estimate of drug-likeness (QED) is 0.543. The van der Waals surface area contributed by atoms with Gasteiger partial charge in [-0.2, -0.15) is 0 Å². The zero-order valence-electron chi connectivity index (χ0n) is 19.4. The molecule has 1 aliphatic heterocycles. The Hall–Kier alpha value is -2.42. The molecule has 8 nitrogen and oxygen atoms in total. The van der Waals surface area contributed by atoms with Crippen LogP contribution in [0.1, 0.15) is 51.5 Å². The Morgan fingerprint density at radius 1 is 1.06 bits per heavy atom. The molecular formula is C24H34N2O6S. The number of hydrogen-bond donors (Lipinski definition) is 1. The van der Waals surface area contributed by atoms with Gasteiger partial charge in [0.15, 0.2) is 16.4 Å². The Morgan fingerprint density at radius 2 is 1.73 bits per heavy atom. The van der Waals surface area contributed by atoms with E-state index in [0.29, 0.717) is 6.42 Å². The highest BCUT2D eigenvalue weighted by molar-refractivity contribution is 7.91. The smallest absolute Gasteiger partial charge is 0.329 e. The first-order chi connectivity index (χ1) is 15.7. The number of esters is 1. The molecule has 1 heterocycles. The molecule has 182 valence electrons. The molecule has 0 spiro atoms. The van der Waals surface area contributed by atoms with Crippen LogP contribution in [0.2, 0.25) is 0 Å². The minimum absolute atomic E-state index is 0.0130. The summed E-state index contributed by atoms with van der Waals surface area (Å²) in [6.07, 6.45) is 4.22. The summed E-state index contributed by atoms with van der Waals surface area (Å²) in [4.78, 5) is 39.9. The third-order valence-electron chi connectivity index (χ3n) is 6.39. The van der Waals surface area contributed by atoms with Gasteiger partial charge in [0.25, 0.3) is 5.91 Å². The summed E-state index contributed by atoms with van der Waals surface area (Å²) in [6, 6.07) is 7.96. The molecule has 9 heteroatoms. The van der Waals surface area contributed by atoms with Gasteiger partial charge in [0, 0.05) is 12.1 Å². The van der Waals surface area contributed by atoms with E-state index in [1.165, 1.54) is 0 Å². The zero-order chi connectivity index (χ0) is 24.0. The second-order valence-corrected chi connectivity index (χ2v) is 11.6. The minimum atomic E-state index is -3.15. The molecule has 1 unspecified atom stereocenters. The minimum Gasteiger partial charge on any atom is -0.454 e. The van der Waals surface area contributed by atoms with E-state index in [2.05, 4.69) is 5.32 Å². The van der Waals surface area contributed by atoms with Crippen LogP contribution in [-0.2, 0) is 35.4 Å². The van der Waals surface area contributed by atoms with E-state index in [1.807, 2.05) is 30.3 Å². The zero-order valence-corrected chi connectivity index (χ0v) is 20.2. The van der Waals surface area contributed by atoms with Gasteiger partial charge in [-0.25, -0.2) is 13.2 Å². The molecule has 3 rings (SSSR count). The second-order valence-electron chi connectivity index (χ2n) is 9.36. The maximum Gasteiger partial charge on any atom is 0.329 e. The summed E-state index contributed by atoms with van der Waals surface area (Å²) >= 11 is 0. The van der Waals surface area contributed by atoms with E-state index in [4.69, 9.17) is 4.74 Å². The van der Waals surface area contributed by atoms with Crippen LogP contribution in [0.4, 0.5) is 0 Å². The van der Waals surface area contributed by atoms with Gasteiger partial charge in [0.2, 0.25) is 5.91 Å². The highest BCUT2D eigenvalue weighted by Crippen LogP contribution is 2.29. The van der Waals surface area contributed by atoms with E-state index >= 15 is 0 Å². The van der Waals surface area contributed by atoms with Crippen molar-refractivity contribution in [2.75, 3.05) is 18.1 Å². The summed E-state index contributed by atoms with van der Waals surface area (Å²) in [5.41, 5.74) is 0.833. The monoisotopic (exact) mass is 478 g/mol. The van der Waals surface area contributed by atoms with Crippen molar-refractivity contribution in [3.63, 3.8) is 0 Å². The summed E-state index contributed by atoms with van der Waals surface area (Å²) in [5.74, 6) is -1.50. The van der Waals surface area contributed by atoms with Crippen LogP contribution >= 0.6 is 0 Å². The number of sulfone groups is 1. The molecule has 1 saturated carbocycles. The Bertz CT molecular complexity index is 941. The van der Waals surface area contributed by atoms with Crippen molar-refractivity contribution in [2.24, 2.45) is 5.92 Å². The van der Waals surface area contributed by atoms with Crippen LogP contribution in [0.15, 0.2) is 30.3 Å². The number of nitrogens with zero attached hydrogens (tertiary/aromatic N) is 1. The van der Waals surface area contributed by atoms with Crippen LogP contribution in [0.3, 0.4) is 0 Å². The topological polar surface area (TPSA) is 110 Å². The van der Waals surface area contributed by atoms with Gasteiger partial charge in [-0.1, -0.05) is 57.0 Å². The van der Waals surface area contributed by atoms with E-state index in [1.54, 1.807) is 18.7 Å². The van der Waals surface area contributed by atoms with Crippen LogP contribution < -0.4 is 5.32 Å². The lowest BCUT2D eigenvalue weighted by Gasteiger charge is -2.34. The Morgan fingerprint density at radius 3 is 2.30 bits per heavy atom. The third-order valence-corrected chi connectivity index (χ3v) is 8.14. The van der Waals surface area contributed by atoms with E-state index in [9.17, 15) is 22.8 Å². The Balaban J connectivity index is 1.59. The molecule has 0 aromatic heterocycles. The first kappa shape index (κ1) is 25.2. The van der Waals surface area contributed by atoms with Crippen molar-refractivity contribution in [2.45, 2.75) is 70.5 Å². The van der Waals surface area contributed by atoms with Gasteiger partial charge in [-0.05, 0) is 30.7 Å². The lowest BCUT2D eigenvalue weighted by molar-refractivity contribution is -0.157. The van der Waals surface area contributed by atoms with Crippen LogP contribution in [-0.4, -0.2) is 67.3 Å². The maximum absolute atomic E-state index is 13.1. The predicted octanol–water partition coefficient (Wildman–Crippen LogP) is 1.87. The van der Waals surface area contributed by atoms with Gasteiger partial charge in [-0.3, -0.25) is 9.59 Å². The predicted molar refractivity (Wildman–Crippen MR) is 124 cm³/mol. The third kappa shape index (κ3) is 7.03.